The first-order valence-electron chi connectivity index (χ1n) is 10.2. The molecule has 3 heterocycles. The smallest absolute Gasteiger partial charge is 0.225 e. The van der Waals surface area contributed by atoms with Gasteiger partial charge in [0.15, 0.2) is 0 Å². The number of hydrogen-bond acceptors (Lipinski definition) is 8. The highest BCUT2D eigenvalue weighted by Gasteiger charge is 2.15. The van der Waals surface area contributed by atoms with Gasteiger partial charge in [-0.2, -0.15) is 0 Å². The number of benzene rings is 1. The highest BCUT2D eigenvalue weighted by atomic mass is 35.5. The van der Waals surface area contributed by atoms with Crippen LogP contribution in [0, 0.1) is 5.41 Å². The average Bonchev–Trinajstić information content (AvgIpc) is 3.09. The van der Waals surface area contributed by atoms with E-state index >= 15 is 0 Å². The Morgan fingerprint density at radius 3 is 2.59 bits per heavy atom. The van der Waals surface area contributed by atoms with Gasteiger partial charge in [0.25, 0.3) is 0 Å². The average molecular weight is 472 g/mol. The van der Waals surface area contributed by atoms with Gasteiger partial charge in [-0.3, -0.25) is 10.4 Å². The van der Waals surface area contributed by atoms with Crippen LogP contribution in [0.15, 0.2) is 43.0 Å². The fourth-order valence-corrected chi connectivity index (χ4v) is 3.86. The Morgan fingerprint density at radius 2 is 1.84 bits per heavy atom. The van der Waals surface area contributed by atoms with Crippen molar-refractivity contribution in [3.63, 3.8) is 0 Å². The van der Waals surface area contributed by atoms with E-state index in [9.17, 15) is 0 Å². The lowest BCUT2D eigenvalue weighted by Crippen LogP contribution is -2.29. The molecule has 32 heavy (non-hydrogen) atoms. The third-order valence-corrected chi connectivity index (χ3v) is 5.83. The second-order valence-electron chi connectivity index (χ2n) is 7.36. The van der Waals surface area contributed by atoms with Crippen LogP contribution in [0.4, 0.5) is 11.6 Å². The van der Waals surface area contributed by atoms with E-state index in [-0.39, 0.29) is 12.3 Å². The van der Waals surface area contributed by atoms with Gasteiger partial charge in [0.1, 0.15) is 12.4 Å². The summed E-state index contributed by atoms with van der Waals surface area (Å²) in [6.07, 6.45) is 7.39. The molecule has 8 nitrogen and oxygen atoms in total. The van der Waals surface area contributed by atoms with Crippen LogP contribution >= 0.6 is 23.2 Å². The molecule has 1 saturated heterocycles. The van der Waals surface area contributed by atoms with Crippen LogP contribution in [-0.4, -0.2) is 46.8 Å². The first kappa shape index (κ1) is 22.3. The molecule has 0 aliphatic carbocycles. The number of halogens is 2. The molecule has 0 spiro atoms. The SMILES string of the molecule is N=C(c1cnc(N2CCCNCC2)nc1)c1cc(OCc2c(Cl)cncc2Cl)ccc1N. The lowest BCUT2D eigenvalue weighted by Gasteiger charge is -2.19. The van der Waals surface area contributed by atoms with Gasteiger partial charge in [0.05, 0.1) is 15.8 Å². The van der Waals surface area contributed by atoms with Crippen LogP contribution in [0.1, 0.15) is 23.1 Å². The molecule has 0 unspecified atom stereocenters. The summed E-state index contributed by atoms with van der Waals surface area (Å²) in [4.78, 5) is 15.0. The van der Waals surface area contributed by atoms with Crippen LogP contribution in [0.25, 0.3) is 0 Å². The molecule has 166 valence electrons. The summed E-state index contributed by atoms with van der Waals surface area (Å²) in [5.74, 6) is 1.21. The van der Waals surface area contributed by atoms with Crippen molar-refractivity contribution < 1.29 is 4.74 Å². The fourth-order valence-electron chi connectivity index (χ4n) is 3.39. The van der Waals surface area contributed by atoms with Crippen LogP contribution in [-0.2, 0) is 6.61 Å². The van der Waals surface area contributed by atoms with Gasteiger partial charge >= 0.3 is 0 Å². The first-order chi connectivity index (χ1) is 15.5. The summed E-state index contributed by atoms with van der Waals surface area (Å²) < 4.78 is 5.85. The maximum atomic E-state index is 8.63. The minimum Gasteiger partial charge on any atom is -0.489 e. The largest absolute Gasteiger partial charge is 0.489 e. The highest BCUT2D eigenvalue weighted by molar-refractivity contribution is 6.35. The lowest BCUT2D eigenvalue weighted by molar-refractivity contribution is 0.306. The van der Waals surface area contributed by atoms with Crippen LogP contribution in [0.5, 0.6) is 5.75 Å². The van der Waals surface area contributed by atoms with Gasteiger partial charge in [-0.05, 0) is 31.2 Å². The maximum Gasteiger partial charge on any atom is 0.225 e. The maximum absolute atomic E-state index is 8.63. The van der Waals surface area contributed by atoms with E-state index in [1.54, 1.807) is 30.6 Å². The van der Waals surface area contributed by atoms with Crippen molar-refractivity contribution in [2.24, 2.45) is 0 Å². The molecule has 1 aliphatic rings. The number of hydrogen-bond donors (Lipinski definition) is 3. The molecule has 0 radical (unpaired) electrons. The zero-order valence-electron chi connectivity index (χ0n) is 17.3. The van der Waals surface area contributed by atoms with E-state index in [0.29, 0.717) is 44.1 Å². The Kier molecular flexibility index (Phi) is 7.04. The van der Waals surface area contributed by atoms with E-state index in [2.05, 4.69) is 25.2 Å². The number of ether oxygens (including phenoxy) is 1. The normalized spacial score (nSPS) is 14.1. The molecule has 2 aromatic heterocycles. The first-order valence-corrected chi connectivity index (χ1v) is 11.0. The number of aromatic nitrogens is 3. The zero-order valence-corrected chi connectivity index (χ0v) is 18.8. The molecule has 4 N–H and O–H groups in total. The molecule has 0 saturated carbocycles. The van der Waals surface area contributed by atoms with Crippen molar-refractivity contribution in [2.45, 2.75) is 13.0 Å². The molecular formula is C22H23Cl2N7O. The molecule has 0 amide bonds. The number of anilines is 2. The van der Waals surface area contributed by atoms with Crippen molar-refractivity contribution >= 4 is 40.5 Å². The second kappa shape index (κ2) is 10.1. The second-order valence-corrected chi connectivity index (χ2v) is 8.17. The van der Waals surface area contributed by atoms with E-state index in [1.807, 2.05) is 0 Å². The van der Waals surface area contributed by atoms with E-state index in [4.69, 9.17) is 39.1 Å². The van der Waals surface area contributed by atoms with Crippen molar-refractivity contribution in [3.05, 3.63) is 69.7 Å². The summed E-state index contributed by atoms with van der Waals surface area (Å²) in [6.45, 7) is 3.83. The Balaban J connectivity index is 1.49. The predicted molar refractivity (Wildman–Crippen MR) is 127 cm³/mol. The number of nitrogens with two attached hydrogens (primary N) is 1. The molecule has 4 rings (SSSR count). The number of pyridine rings is 1. The summed E-state index contributed by atoms with van der Waals surface area (Å²) in [5, 5.41) is 12.9. The molecule has 1 fully saturated rings. The zero-order chi connectivity index (χ0) is 22.5. The van der Waals surface area contributed by atoms with E-state index < -0.39 is 0 Å². The molecular weight excluding hydrogens is 449 g/mol. The van der Waals surface area contributed by atoms with Crippen molar-refractivity contribution in [3.8, 4) is 5.75 Å². The quantitative estimate of drug-likeness (QED) is 0.372. The van der Waals surface area contributed by atoms with Gasteiger partial charge < -0.3 is 20.7 Å². The Hall–Kier alpha value is -2.94. The monoisotopic (exact) mass is 471 g/mol. The molecule has 1 aliphatic heterocycles. The van der Waals surface area contributed by atoms with E-state index in [1.165, 1.54) is 12.4 Å². The molecule has 3 aromatic rings. The number of nitrogen functional groups attached to an aromatic ring is 1. The molecule has 0 bridgehead atoms. The Morgan fingerprint density at radius 1 is 1.09 bits per heavy atom. The number of nitrogens with zero attached hydrogens (tertiary/aromatic N) is 4. The predicted octanol–water partition coefficient (Wildman–Crippen LogP) is 3.56. The molecule has 0 atom stereocenters. The van der Waals surface area contributed by atoms with E-state index in [0.717, 1.165) is 32.6 Å². The van der Waals surface area contributed by atoms with Crippen molar-refractivity contribution in [2.75, 3.05) is 36.8 Å². The summed E-state index contributed by atoms with van der Waals surface area (Å²) in [6, 6.07) is 5.16. The summed E-state index contributed by atoms with van der Waals surface area (Å²) in [7, 11) is 0. The Labute approximate surface area is 196 Å². The highest BCUT2D eigenvalue weighted by Crippen LogP contribution is 2.27. The van der Waals surface area contributed by atoms with Crippen LogP contribution in [0.3, 0.4) is 0 Å². The van der Waals surface area contributed by atoms with Gasteiger partial charge in [0.2, 0.25) is 5.95 Å². The minimum atomic E-state index is 0.166. The topological polar surface area (TPSA) is 113 Å². The van der Waals surface area contributed by atoms with Gasteiger partial charge in [-0.1, -0.05) is 23.2 Å². The minimum absolute atomic E-state index is 0.166. The third kappa shape index (κ3) is 5.09. The van der Waals surface area contributed by atoms with Crippen molar-refractivity contribution in [1.29, 1.82) is 5.41 Å². The molecule has 1 aromatic carbocycles. The van der Waals surface area contributed by atoms with Crippen molar-refractivity contribution in [1.82, 2.24) is 20.3 Å². The van der Waals surface area contributed by atoms with Gasteiger partial charge in [-0.15, -0.1) is 0 Å². The lowest BCUT2D eigenvalue weighted by atomic mass is 10.0. The Bertz CT molecular complexity index is 1080. The number of nitrogens with one attached hydrogen (secondary N) is 2. The van der Waals surface area contributed by atoms with Crippen LogP contribution in [0.2, 0.25) is 10.0 Å². The fraction of sp³-hybridized carbons (Fsp3) is 0.273. The van der Waals surface area contributed by atoms with Gasteiger partial charge in [-0.25, -0.2) is 9.97 Å². The van der Waals surface area contributed by atoms with Gasteiger partial charge in [0, 0.05) is 66.8 Å². The summed E-state index contributed by atoms with van der Waals surface area (Å²) in [5.41, 5.74) is 8.58. The summed E-state index contributed by atoms with van der Waals surface area (Å²) >= 11 is 12.3. The van der Waals surface area contributed by atoms with Crippen LogP contribution < -0.4 is 20.7 Å². The third-order valence-electron chi connectivity index (χ3n) is 5.18. The molecule has 10 heteroatoms. The standard InChI is InChI=1S/C22H23Cl2N7O/c23-18-11-28-12-19(24)17(18)13-32-15-2-3-20(25)16(8-15)21(26)14-9-29-22(30-10-14)31-6-1-4-27-5-7-31/h2-3,8-12,26-27H,1,4-7,13,25H2. The number of rotatable bonds is 6.